The summed E-state index contributed by atoms with van der Waals surface area (Å²) in [6, 6.07) is 8.55. The molecule has 3 aromatic rings. The number of aromatic nitrogens is 4. The van der Waals surface area contributed by atoms with Gasteiger partial charge in [0.1, 0.15) is 0 Å². The molecule has 1 aromatic carbocycles. The molecular formula is C25H29N7O3S. The molecule has 4 heterocycles. The molecule has 1 N–H and O–H groups in total. The van der Waals surface area contributed by atoms with Crippen LogP contribution >= 0.6 is 0 Å². The molecule has 10 nitrogen and oxygen atoms in total. The van der Waals surface area contributed by atoms with Crippen LogP contribution in [0.25, 0.3) is 11.3 Å². The number of benzene rings is 1. The first kappa shape index (κ1) is 24.4. The summed E-state index contributed by atoms with van der Waals surface area (Å²) in [5, 5.41) is 17.1. The highest BCUT2D eigenvalue weighted by atomic mass is 32.2. The molecule has 188 valence electrons. The Kier molecular flexibility index (Phi) is 7.00. The van der Waals surface area contributed by atoms with Gasteiger partial charge >= 0.3 is 0 Å². The van der Waals surface area contributed by atoms with E-state index >= 15 is 0 Å². The average molecular weight is 508 g/mol. The maximum absolute atomic E-state index is 13.0. The van der Waals surface area contributed by atoms with Crippen molar-refractivity contribution in [1.82, 2.24) is 24.1 Å². The van der Waals surface area contributed by atoms with Crippen LogP contribution in [0.5, 0.6) is 0 Å². The molecule has 0 atom stereocenters. The first-order chi connectivity index (χ1) is 17.4. The number of nitrogens with zero attached hydrogens (tertiary/aromatic N) is 6. The van der Waals surface area contributed by atoms with E-state index in [-0.39, 0.29) is 10.9 Å². The molecule has 0 saturated carbocycles. The Morgan fingerprint density at radius 1 is 1.14 bits per heavy atom. The van der Waals surface area contributed by atoms with Crippen molar-refractivity contribution in [2.45, 2.75) is 49.6 Å². The Morgan fingerprint density at radius 2 is 1.92 bits per heavy atom. The third kappa shape index (κ3) is 5.11. The number of aryl methyl sites for hydroxylation is 1. The van der Waals surface area contributed by atoms with Gasteiger partial charge in [-0.15, -0.1) is 0 Å². The van der Waals surface area contributed by atoms with Crippen LogP contribution in [0.15, 0.2) is 47.8 Å². The molecule has 0 bridgehead atoms. The Labute approximate surface area is 211 Å². The van der Waals surface area contributed by atoms with Gasteiger partial charge in [0.25, 0.3) is 0 Å². The number of sulfonamides is 1. The molecule has 2 aromatic heterocycles. The monoisotopic (exact) mass is 507 g/mol. The van der Waals surface area contributed by atoms with E-state index in [1.807, 2.05) is 30.1 Å². The summed E-state index contributed by atoms with van der Waals surface area (Å²) in [4.78, 5) is 9.38. The maximum Gasteiger partial charge on any atom is 0.243 e. The van der Waals surface area contributed by atoms with Gasteiger partial charge in [0, 0.05) is 50.3 Å². The molecule has 2 fully saturated rings. The quantitative estimate of drug-likeness (QED) is 0.539. The van der Waals surface area contributed by atoms with Crippen LogP contribution in [0.1, 0.15) is 42.9 Å². The third-order valence-electron chi connectivity index (χ3n) is 6.80. The lowest BCUT2D eigenvalue weighted by atomic mass is 10.1. The first-order valence-electron chi connectivity index (χ1n) is 12.2. The largest absolute Gasteiger partial charge is 0.381 e. The van der Waals surface area contributed by atoms with Gasteiger partial charge in [-0.3, -0.25) is 4.68 Å². The van der Waals surface area contributed by atoms with Crippen molar-refractivity contribution < 1.29 is 13.2 Å². The minimum absolute atomic E-state index is 0.0578. The highest BCUT2D eigenvalue weighted by Gasteiger charge is 2.30. The van der Waals surface area contributed by atoms with E-state index in [4.69, 9.17) is 15.0 Å². The van der Waals surface area contributed by atoms with Gasteiger partial charge in [-0.25, -0.2) is 18.4 Å². The summed E-state index contributed by atoms with van der Waals surface area (Å²) in [5.41, 5.74) is 3.08. The maximum atomic E-state index is 13.0. The van der Waals surface area contributed by atoms with E-state index in [0.29, 0.717) is 43.5 Å². The molecular weight excluding hydrogens is 478 g/mol. The summed E-state index contributed by atoms with van der Waals surface area (Å²) < 4.78 is 35.0. The lowest BCUT2D eigenvalue weighted by Gasteiger charge is -2.31. The molecule has 36 heavy (non-hydrogen) atoms. The number of hydrogen-bond donors (Lipinski definition) is 1. The zero-order valence-corrected chi connectivity index (χ0v) is 21.0. The number of nitriles is 1. The minimum Gasteiger partial charge on any atom is -0.381 e. The fourth-order valence-corrected chi connectivity index (χ4v) is 6.23. The molecule has 2 saturated heterocycles. The summed E-state index contributed by atoms with van der Waals surface area (Å²) in [6.45, 7) is 4.26. The fraction of sp³-hybridized carbons (Fsp3) is 0.440. The Balaban J connectivity index is 1.24. The van der Waals surface area contributed by atoms with Gasteiger partial charge in [-0.1, -0.05) is 6.07 Å². The predicted molar refractivity (Wildman–Crippen MR) is 134 cm³/mol. The molecule has 2 aliphatic rings. The predicted octanol–water partition coefficient (Wildman–Crippen LogP) is 3.14. The van der Waals surface area contributed by atoms with Crippen molar-refractivity contribution in [1.29, 1.82) is 5.26 Å². The van der Waals surface area contributed by atoms with E-state index in [0.717, 1.165) is 42.9 Å². The second-order valence-electron chi connectivity index (χ2n) is 9.24. The average Bonchev–Trinajstić information content (AvgIpc) is 3.41. The van der Waals surface area contributed by atoms with Gasteiger partial charge in [0.15, 0.2) is 0 Å². The Hall–Kier alpha value is -3.33. The second kappa shape index (κ2) is 10.3. The van der Waals surface area contributed by atoms with E-state index in [1.165, 1.54) is 16.4 Å². The lowest BCUT2D eigenvalue weighted by molar-refractivity contribution is 0.0662. The molecule has 5 rings (SSSR count). The first-order valence-corrected chi connectivity index (χ1v) is 13.6. The van der Waals surface area contributed by atoms with Crippen molar-refractivity contribution in [3.05, 3.63) is 54.0 Å². The number of rotatable bonds is 6. The Bertz CT molecular complexity index is 1370. The van der Waals surface area contributed by atoms with E-state index in [1.54, 1.807) is 18.3 Å². The molecule has 11 heteroatoms. The smallest absolute Gasteiger partial charge is 0.243 e. The van der Waals surface area contributed by atoms with Crippen molar-refractivity contribution in [3.8, 4) is 17.3 Å². The number of hydrogen-bond acceptors (Lipinski definition) is 8. The van der Waals surface area contributed by atoms with Crippen LogP contribution in [0, 0.1) is 18.3 Å². The second-order valence-corrected chi connectivity index (χ2v) is 11.2. The molecule has 2 aliphatic heterocycles. The van der Waals surface area contributed by atoms with Crippen LogP contribution in [-0.2, 0) is 14.8 Å². The zero-order valence-electron chi connectivity index (χ0n) is 20.2. The minimum atomic E-state index is -3.64. The van der Waals surface area contributed by atoms with Crippen LogP contribution in [0.3, 0.4) is 0 Å². The number of nitrogens with one attached hydrogen (secondary N) is 1. The topological polar surface area (TPSA) is 126 Å². The summed E-state index contributed by atoms with van der Waals surface area (Å²) in [6.07, 6.45) is 8.86. The van der Waals surface area contributed by atoms with Crippen molar-refractivity contribution in [2.75, 3.05) is 31.6 Å². The summed E-state index contributed by atoms with van der Waals surface area (Å²) in [7, 11) is -3.64. The summed E-state index contributed by atoms with van der Waals surface area (Å²) >= 11 is 0. The van der Waals surface area contributed by atoms with E-state index in [9.17, 15) is 8.42 Å². The van der Waals surface area contributed by atoms with Gasteiger partial charge in [0.05, 0.1) is 34.5 Å². The number of anilines is 1. The van der Waals surface area contributed by atoms with Gasteiger partial charge in [-0.2, -0.15) is 14.7 Å². The Morgan fingerprint density at radius 3 is 2.67 bits per heavy atom. The van der Waals surface area contributed by atoms with Crippen molar-refractivity contribution >= 4 is 16.0 Å². The van der Waals surface area contributed by atoms with Crippen LogP contribution in [0.2, 0.25) is 0 Å². The summed E-state index contributed by atoms with van der Waals surface area (Å²) in [5.74, 6) is 0.525. The molecule has 0 spiro atoms. The molecule has 0 amide bonds. The van der Waals surface area contributed by atoms with Crippen LogP contribution < -0.4 is 5.32 Å². The normalized spacial score (nSPS) is 18.1. The van der Waals surface area contributed by atoms with Gasteiger partial charge < -0.3 is 10.1 Å². The van der Waals surface area contributed by atoms with Crippen LogP contribution in [-0.4, -0.2) is 64.8 Å². The SMILES string of the molecule is Cc1cnc(NC2CCN(S(=O)(=O)c3cccc(C#N)c3)CC2)nc1-c1cnn(C2CCOCC2)c1. The van der Waals surface area contributed by atoms with Crippen molar-refractivity contribution in [3.63, 3.8) is 0 Å². The molecule has 0 unspecified atom stereocenters. The van der Waals surface area contributed by atoms with Crippen molar-refractivity contribution in [2.24, 2.45) is 0 Å². The lowest BCUT2D eigenvalue weighted by Crippen LogP contribution is -2.42. The van der Waals surface area contributed by atoms with Gasteiger partial charge in [-0.05, 0) is 56.4 Å². The molecule has 0 radical (unpaired) electrons. The van der Waals surface area contributed by atoms with Crippen LogP contribution in [0.4, 0.5) is 5.95 Å². The number of piperidine rings is 1. The van der Waals surface area contributed by atoms with E-state index < -0.39 is 10.0 Å². The van der Waals surface area contributed by atoms with Gasteiger partial charge in [0.2, 0.25) is 16.0 Å². The highest BCUT2D eigenvalue weighted by molar-refractivity contribution is 7.89. The van der Waals surface area contributed by atoms with E-state index in [2.05, 4.69) is 15.4 Å². The molecule has 0 aliphatic carbocycles. The zero-order chi connectivity index (χ0) is 25.1. The third-order valence-corrected chi connectivity index (χ3v) is 8.69. The number of ether oxygens (including phenoxy) is 1. The standard InChI is InChI=1S/C25H29N7O3S/c1-18-15-27-25(30-24(18)20-16-28-32(17-20)22-7-11-35-12-8-22)29-21-5-9-31(10-6-21)36(33,34)23-4-2-3-19(13-23)14-26/h2-4,13,15-17,21-22H,5-12H2,1H3,(H,27,29,30). The fourth-order valence-electron chi connectivity index (χ4n) is 4.71. The highest BCUT2D eigenvalue weighted by Crippen LogP contribution is 2.27.